The van der Waals surface area contributed by atoms with Crippen molar-refractivity contribution >= 4 is 37.3 Å². The Balaban J connectivity index is 1.86. The van der Waals surface area contributed by atoms with Crippen LogP contribution in [-0.2, 0) is 16.6 Å². The molecule has 84 valence electrons. The molecule has 15 heavy (non-hydrogen) atoms. The molecule has 0 aliphatic heterocycles. The maximum absolute atomic E-state index is 11.5. The van der Waals surface area contributed by atoms with E-state index in [0.29, 0.717) is 18.2 Å². The van der Waals surface area contributed by atoms with Crippen LogP contribution in [0.15, 0.2) is 15.9 Å². The zero-order valence-electron chi connectivity index (χ0n) is 8.07. The summed E-state index contributed by atoms with van der Waals surface area (Å²) >= 11 is 4.89. The summed E-state index contributed by atoms with van der Waals surface area (Å²) < 4.78 is 26.7. The molecule has 1 aromatic rings. The summed E-state index contributed by atoms with van der Waals surface area (Å²) in [4.78, 5) is 1.03. The van der Waals surface area contributed by atoms with Gasteiger partial charge in [-0.05, 0) is 40.8 Å². The van der Waals surface area contributed by atoms with Crippen LogP contribution < -0.4 is 4.72 Å². The van der Waals surface area contributed by atoms with Crippen LogP contribution in [0, 0.1) is 5.92 Å². The zero-order valence-corrected chi connectivity index (χ0v) is 11.3. The van der Waals surface area contributed by atoms with Gasteiger partial charge in [-0.15, -0.1) is 11.3 Å². The molecular formula is C9H12BrNO2S2. The van der Waals surface area contributed by atoms with Gasteiger partial charge in [0.05, 0.1) is 5.75 Å². The van der Waals surface area contributed by atoms with Crippen LogP contribution in [0.4, 0.5) is 0 Å². The van der Waals surface area contributed by atoms with Crippen LogP contribution in [0.25, 0.3) is 0 Å². The minimum absolute atomic E-state index is 0.291. The lowest BCUT2D eigenvalue weighted by atomic mass is 10.5. The third-order valence-electron chi connectivity index (χ3n) is 2.24. The lowest BCUT2D eigenvalue weighted by molar-refractivity contribution is 0.578. The first-order valence-electron chi connectivity index (χ1n) is 4.75. The van der Waals surface area contributed by atoms with Crippen molar-refractivity contribution in [2.24, 2.45) is 5.92 Å². The molecule has 1 N–H and O–H groups in total. The predicted molar refractivity (Wildman–Crippen MR) is 65.4 cm³/mol. The van der Waals surface area contributed by atoms with E-state index in [1.165, 1.54) is 0 Å². The minimum atomic E-state index is -3.07. The van der Waals surface area contributed by atoms with Crippen LogP contribution in [-0.4, -0.2) is 14.2 Å². The van der Waals surface area contributed by atoms with Crippen molar-refractivity contribution in [1.82, 2.24) is 4.72 Å². The van der Waals surface area contributed by atoms with Gasteiger partial charge in [-0.3, -0.25) is 0 Å². The van der Waals surface area contributed by atoms with Crippen molar-refractivity contribution in [2.75, 3.05) is 5.75 Å². The molecule has 0 saturated heterocycles. The Kier molecular flexibility index (Phi) is 3.49. The Bertz CT molecular complexity index is 437. The third kappa shape index (κ3) is 3.86. The summed E-state index contributed by atoms with van der Waals surface area (Å²) in [6, 6.07) is 1.93. The number of nitrogens with one attached hydrogen (secondary N) is 1. The Morgan fingerprint density at radius 2 is 2.27 bits per heavy atom. The Hall–Kier alpha value is 0.0900. The molecule has 6 heteroatoms. The molecule has 2 rings (SSSR count). The Morgan fingerprint density at radius 1 is 1.53 bits per heavy atom. The van der Waals surface area contributed by atoms with Gasteiger partial charge in [0.1, 0.15) is 0 Å². The van der Waals surface area contributed by atoms with Gasteiger partial charge in [-0.25, -0.2) is 13.1 Å². The van der Waals surface area contributed by atoms with E-state index in [1.807, 2.05) is 11.4 Å². The lowest BCUT2D eigenvalue weighted by Gasteiger charge is -2.03. The van der Waals surface area contributed by atoms with E-state index in [0.717, 1.165) is 22.2 Å². The molecule has 1 saturated carbocycles. The minimum Gasteiger partial charge on any atom is -0.212 e. The van der Waals surface area contributed by atoms with Gasteiger partial charge >= 0.3 is 0 Å². The Morgan fingerprint density at radius 3 is 2.80 bits per heavy atom. The van der Waals surface area contributed by atoms with Crippen LogP contribution in [0.2, 0.25) is 0 Å². The zero-order chi connectivity index (χ0) is 10.9. The van der Waals surface area contributed by atoms with E-state index in [9.17, 15) is 8.42 Å². The van der Waals surface area contributed by atoms with Gasteiger partial charge in [-0.2, -0.15) is 0 Å². The van der Waals surface area contributed by atoms with Gasteiger partial charge in [0.25, 0.3) is 0 Å². The maximum atomic E-state index is 11.5. The average Bonchev–Trinajstić information content (AvgIpc) is 2.83. The summed E-state index contributed by atoms with van der Waals surface area (Å²) in [5.74, 6) is 0.692. The highest BCUT2D eigenvalue weighted by molar-refractivity contribution is 9.10. The summed E-state index contributed by atoms with van der Waals surface area (Å²) in [7, 11) is -3.07. The van der Waals surface area contributed by atoms with Gasteiger partial charge in [0.15, 0.2) is 0 Å². The molecule has 1 heterocycles. The van der Waals surface area contributed by atoms with Crippen molar-refractivity contribution in [2.45, 2.75) is 19.4 Å². The number of halogens is 1. The van der Waals surface area contributed by atoms with Crippen LogP contribution >= 0.6 is 27.3 Å². The van der Waals surface area contributed by atoms with E-state index >= 15 is 0 Å². The molecule has 0 bridgehead atoms. The molecule has 0 unspecified atom stereocenters. The fraction of sp³-hybridized carbons (Fsp3) is 0.556. The lowest BCUT2D eigenvalue weighted by Crippen LogP contribution is -2.26. The van der Waals surface area contributed by atoms with Crippen molar-refractivity contribution < 1.29 is 8.42 Å². The first-order valence-corrected chi connectivity index (χ1v) is 8.08. The largest absolute Gasteiger partial charge is 0.212 e. The number of rotatable bonds is 5. The molecule has 0 atom stereocenters. The van der Waals surface area contributed by atoms with E-state index in [2.05, 4.69) is 20.7 Å². The molecular weight excluding hydrogens is 298 g/mol. The van der Waals surface area contributed by atoms with Gasteiger partial charge in [-0.1, -0.05) is 0 Å². The quantitative estimate of drug-likeness (QED) is 0.907. The van der Waals surface area contributed by atoms with Crippen molar-refractivity contribution in [3.05, 3.63) is 20.8 Å². The Labute approximate surface area is 102 Å². The fourth-order valence-corrected chi connectivity index (χ4v) is 4.21. The first kappa shape index (κ1) is 11.6. The van der Waals surface area contributed by atoms with Crippen LogP contribution in [0.1, 0.15) is 17.7 Å². The second kappa shape index (κ2) is 4.53. The molecule has 1 aliphatic carbocycles. The first-order chi connectivity index (χ1) is 7.05. The number of hydrogen-bond acceptors (Lipinski definition) is 3. The normalized spacial score (nSPS) is 16.9. The second-order valence-electron chi connectivity index (χ2n) is 3.78. The van der Waals surface area contributed by atoms with Gasteiger partial charge in [0, 0.05) is 21.3 Å². The molecule has 1 fully saturated rings. The van der Waals surface area contributed by atoms with Crippen LogP contribution in [0.3, 0.4) is 0 Å². The van der Waals surface area contributed by atoms with E-state index in [1.54, 1.807) is 11.3 Å². The van der Waals surface area contributed by atoms with Crippen molar-refractivity contribution in [1.29, 1.82) is 0 Å². The summed E-state index contributed by atoms with van der Waals surface area (Å²) in [5.41, 5.74) is 0. The summed E-state index contributed by atoms with van der Waals surface area (Å²) in [6.07, 6.45) is 2.12. The molecule has 0 aromatic carbocycles. The maximum Gasteiger partial charge on any atom is 0.212 e. The summed E-state index contributed by atoms with van der Waals surface area (Å²) in [6.45, 7) is 0.408. The molecule has 1 aromatic heterocycles. The number of hydrogen-bond donors (Lipinski definition) is 1. The molecule has 0 amide bonds. The van der Waals surface area contributed by atoms with Gasteiger partial charge < -0.3 is 0 Å². The fourth-order valence-electron chi connectivity index (χ4n) is 1.28. The van der Waals surface area contributed by atoms with Gasteiger partial charge in [0.2, 0.25) is 10.0 Å². The number of thiophene rings is 1. The molecule has 3 nitrogen and oxygen atoms in total. The molecule has 0 spiro atoms. The molecule has 1 aliphatic rings. The SMILES string of the molecule is O=S(=O)(CC1CC1)NCc1cc(Br)cs1. The highest BCUT2D eigenvalue weighted by Crippen LogP contribution is 2.30. The standard InChI is InChI=1S/C9H12BrNO2S2/c10-8-3-9(14-5-8)4-11-15(12,13)6-7-1-2-7/h3,5,7,11H,1-2,4,6H2. The summed E-state index contributed by atoms with van der Waals surface area (Å²) in [5, 5.41) is 1.95. The molecule has 0 radical (unpaired) electrons. The monoisotopic (exact) mass is 309 g/mol. The van der Waals surface area contributed by atoms with Crippen molar-refractivity contribution in [3.8, 4) is 0 Å². The predicted octanol–water partition coefficient (Wildman–Crippen LogP) is 2.34. The van der Waals surface area contributed by atoms with Crippen molar-refractivity contribution in [3.63, 3.8) is 0 Å². The highest BCUT2D eigenvalue weighted by atomic mass is 79.9. The number of sulfonamides is 1. The highest BCUT2D eigenvalue weighted by Gasteiger charge is 2.27. The average molecular weight is 310 g/mol. The van der Waals surface area contributed by atoms with Crippen LogP contribution in [0.5, 0.6) is 0 Å². The van der Waals surface area contributed by atoms with E-state index < -0.39 is 10.0 Å². The van der Waals surface area contributed by atoms with E-state index in [-0.39, 0.29) is 0 Å². The second-order valence-corrected chi connectivity index (χ2v) is 7.54. The van der Waals surface area contributed by atoms with E-state index in [4.69, 9.17) is 0 Å². The third-order valence-corrected chi connectivity index (χ3v) is 5.43. The topological polar surface area (TPSA) is 46.2 Å². The smallest absolute Gasteiger partial charge is 0.212 e.